The highest BCUT2D eigenvalue weighted by atomic mass is 31.2. The maximum Gasteiger partial charge on any atom is 0.325 e. The molecule has 0 aliphatic carbocycles. The number of unbranched alkanes of at least 4 members (excludes halogenated alkanes) is 7. The average molecular weight is 493 g/mol. The van der Waals surface area contributed by atoms with Gasteiger partial charge in [0.2, 0.25) is 0 Å². The van der Waals surface area contributed by atoms with E-state index in [1.165, 1.54) is 71.9 Å². The molecule has 3 nitrogen and oxygen atoms in total. The molecule has 0 aliphatic heterocycles. The normalized spacial score (nSPS) is 11.6. The van der Waals surface area contributed by atoms with E-state index in [0.29, 0.717) is 6.42 Å². The Morgan fingerprint density at radius 3 is 1.86 bits per heavy atom. The minimum absolute atomic E-state index is 0.0178. The predicted molar refractivity (Wildman–Crippen MR) is 149 cm³/mol. The molecule has 0 saturated heterocycles. The minimum Gasteiger partial charge on any atom is -0.324 e. The zero-order valence-electron chi connectivity index (χ0n) is 21.2. The summed E-state index contributed by atoms with van der Waals surface area (Å²) in [5.74, 6) is 0. The van der Waals surface area contributed by atoms with Crippen LogP contribution in [0.2, 0.25) is 0 Å². The van der Waals surface area contributed by atoms with Crippen LogP contribution in [0.3, 0.4) is 0 Å². The van der Waals surface area contributed by atoms with Crippen LogP contribution in [0.5, 0.6) is 0 Å². The van der Waals surface area contributed by atoms with Crippen LogP contribution >= 0.6 is 7.60 Å². The second kappa shape index (κ2) is 14.4. The van der Waals surface area contributed by atoms with Crippen LogP contribution in [-0.2, 0) is 17.4 Å². The number of rotatable bonds is 15. The maximum absolute atomic E-state index is 11.1. The Bertz CT molecular complexity index is 1050. The molecule has 35 heavy (non-hydrogen) atoms. The van der Waals surface area contributed by atoms with Crippen LogP contribution in [0, 0.1) is 0 Å². The van der Waals surface area contributed by atoms with E-state index in [2.05, 4.69) is 73.7 Å². The van der Waals surface area contributed by atoms with Gasteiger partial charge in [-0.2, -0.15) is 0 Å². The lowest BCUT2D eigenvalue weighted by atomic mass is 9.91. The van der Waals surface area contributed by atoms with Gasteiger partial charge in [0.05, 0.1) is 0 Å². The third kappa shape index (κ3) is 9.76. The highest BCUT2D eigenvalue weighted by Crippen LogP contribution is 2.36. The van der Waals surface area contributed by atoms with Crippen molar-refractivity contribution in [3.63, 3.8) is 0 Å². The van der Waals surface area contributed by atoms with E-state index in [4.69, 9.17) is 9.79 Å². The Hall–Kier alpha value is -2.19. The van der Waals surface area contributed by atoms with Crippen LogP contribution in [0.15, 0.2) is 72.8 Å². The van der Waals surface area contributed by atoms with Crippen molar-refractivity contribution in [2.45, 2.75) is 77.6 Å². The molecule has 0 heterocycles. The third-order valence-electron chi connectivity index (χ3n) is 6.67. The van der Waals surface area contributed by atoms with Gasteiger partial charge in [0, 0.05) is 6.16 Å². The smallest absolute Gasteiger partial charge is 0.324 e. The maximum atomic E-state index is 11.1. The first kappa shape index (κ1) is 27.4. The first-order valence-electron chi connectivity index (χ1n) is 13.3. The molecule has 0 radical (unpaired) electrons. The van der Waals surface area contributed by atoms with Gasteiger partial charge >= 0.3 is 7.60 Å². The van der Waals surface area contributed by atoms with Gasteiger partial charge in [-0.15, -0.1) is 0 Å². The molecule has 188 valence electrons. The molecule has 0 aliphatic rings. The van der Waals surface area contributed by atoms with Gasteiger partial charge in [0.25, 0.3) is 0 Å². The zero-order valence-corrected chi connectivity index (χ0v) is 22.1. The van der Waals surface area contributed by atoms with E-state index >= 15 is 0 Å². The molecule has 0 amide bonds. The molecule has 0 spiro atoms. The van der Waals surface area contributed by atoms with Gasteiger partial charge < -0.3 is 9.79 Å². The Kier molecular flexibility index (Phi) is 11.3. The molecule has 0 saturated carbocycles. The first-order chi connectivity index (χ1) is 17.0. The van der Waals surface area contributed by atoms with Crippen molar-refractivity contribution in [1.29, 1.82) is 0 Å². The molecular weight excluding hydrogens is 451 g/mol. The quantitative estimate of drug-likeness (QED) is 0.165. The number of benzene rings is 3. The molecule has 0 unspecified atom stereocenters. The largest absolute Gasteiger partial charge is 0.325 e. The van der Waals surface area contributed by atoms with Gasteiger partial charge in [-0.1, -0.05) is 118 Å². The van der Waals surface area contributed by atoms with Gasteiger partial charge in [-0.25, -0.2) is 0 Å². The Morgan fingerprint density at radius 2 is 1.17 bits per heavy atom. The fraction of sp³-hybridized carbons (Fsp3) is 0.419. The van der Waals surface area contributed by atoms with Gasteiger partial charge in [-0.05, 0) is 65.5 Å². The molecule has 3 rings (SSSR count). The van der Waals surface area contributed by atoms with Crippen LogP contribution in [0.1, 0.15) is 75.8 Å². The topological polar surface area (TPSA) is 57.5 Å². The van der Waals surface area contributed by atoms with E-state index in [0.717, 1.165) is 25.7 Å². The van der Waals surface area contributed by atoms with Crippen LogP contribution in [0.25, 0.3) is 22.3 Å². The van der Waals surface area contributed by atoms with E-state index in [1.807, 2.05) is 6.07 Å². The highest BCUT2D eigenvalue weighted by Gasteiger charge is 2.12. The summed E-state index contributed by atoms with van der Waals surface area (Å²) in [6.07, 6.45) is 12.3. The average Bonchev–Trinajstić information content (AvgIpc) is 2.86. The van der Waals surface area contributed by atoms with E-state index in [9.17, 15) is 4.57 Å². The summed E-state index contributed by atoms with van der Waals surface area (Å²) in [6, 6.07) is 26.3. The van der Waals surface area contributed by atoms with Crippen molar-refractivity contribution in [1.82, 2.24) is 0 Å². The van der Waals surface area contributed by atoms with E-state index in [-0.39, 0.29) is 6.16 Å². The fourth-order valence-corrected chi connectivity index (χ4v) is 5.27. The van der Waals surface area contributed by atoms with Crippen molar-refractivity contribution in [2.75, 3.05) is 6.16 Å². The van der Waals surface area contributed by atoms with Crippen molar-refractivity contribution < 1.29 is 14.4 Å². The van der Waals surface area contributed by atoms with Gasteiger partial charge in [0.15, 0.2) is 0 Å². The van der Waals surface area contributed by atoms with Crippen molar-refractivity contribution in [3.05, 3.63) is 83.9 Å². The predicted octanol–water partition coefficient (Wildman–Crippen LogP) is 8.81. The fourth-order valence-electron chi connectivity index (χ4n) is 4.64. The second-order valence-electron chi connectivity index (χ2n) is 9.66. The van der Waals surface area contributed by atoms with Gasteiger partial charge in [0.1, 0.15) is 0 Å². The lowest BCUT2D eigenvalue weighted by Gasteiger charge is -2.14. The monoisotopic (exact) mass is 492 g/mol. The molecule has 3 aromatic carbocycles. The number of hydrogen-bond donors (Lipinski definition) is 2. The molecule has 4 heteroatoms. The van der Waals surface area contributed by atoms with E-state index in [1.54, 1.807) is 0 Å². The molecule has 0 aromatic heterocycles. The first-order valence-corrected chi connectivity index (χ1v) is 15.1. The Balaban J connectivity index is 1.67. The number of aryl methyl sites for hydroxylation is 2. The molecule has 2 N–H and O–H groups in total. The summed E-state index contributed by atoms with van der Waals surface area (Å²) in [5.41, 5.74) is 7.61. The van der Waals surface area contributed by atoms with Crippen molar-refractivity contribution in [3.8, 4) is 22.3 Å². The standard InChI is InChI=1S/C31H41O3P/c1-2-3-4-5-6-9-14-26-18-21-29(22-19-26)30-23-20-27(15-10-8-13-24-35(32,33)34)25-31(30)28-16-11-7-12-17-28/h7,11-12,16-23,25H,2-6,8-10,13-15,24H2,1H3,(H2,32,33,34). The third-order valence-corrected chi connectivity index (χ3v) is 7.57. The van der Waals surface area contributed by atoms with Crippen LogP contribution in [0.4, 0.5) is 0 Å². The highest BCUT2D eigenvalue weighted by molar-refractivity contribution is 7.51. The summed E-state index contributed by atoms with van der Waals surface area (Å²) in [6.45, 7) is 2.26. The summed E-state index contributed by atoms with van der Waals surface area (Å²) in [5, 5.41) is 0. The molecule has 0 atom stereocenters. The van der Waals surface area contributed by atoms with Crippen molar-refractivity contribution >= 4 is 7.60 Å². The van der Waals surface area contributed by atoms with Crippen LogP contribution < -0.4 is 0 Å². The van der Waals surface area contributed by atoms with Gasteiger partial charge in [-0.3, -0.25) is 4.57 Å². The Labute approximate surface area is 211 Å². The summed E-state index contributed by atoms with van der Waals surface area (Å²) in [7, 11) is -3.88. The number of hydrogen-bond acceptors (Lipinski definition) is 1. The SMILES string of the molecule is CCCCCCCCc1ccc(-c2ccc(CCCCCP(=O)(O)O)cc2-c2ccccc2)cc1. The van der Waals surface area contributed by atoms with Crippen molar-refractivity contribution in [2.24, 2.45) is 0 Å². The molecular formula is C31H41O3P. The molecule has 0 fully saturated rings. The summed E-state index contributed by atoms with van der Waals surface area (Å²) < 4.78 is 11.1. The Morgan fingerprint density at radius 1 is 0.600 bits per heavy atom. The lowest BCUT2D eigenvalue weighted by Crippen LogP contribution is -1.93. The molecule has 3 aromatic rings. The molecule has 0 bridgehead atoms. The zero-order chi connectivity index (χ0) is 24.9. The minimum atomic E-state index is -3.88. The lowest BCUT2D eigenvalue weighted by molar-refractivity contribution is 0.371. The summed E-state index contributed by atoms with van der Waals surface area (Å²) in [4.78, 5) is 18.1. The summed E-state index contributed by atoms with van der Waals surface area (Å²) >= 11 is 0. The second-order valence-corrected chi connectivity index (χ2v) is 11.4. The van der Waals surface area contributed by atoms with Crippen LogP contribution in [-0.4, -0.2) is 15.9 Å². The van der Waals surface area contributed by atoms with E-state index < -0.39 is 7.60 Å².